The van der Waals surface area contributed by atoms with E-state index in [1.165, 1.54) is 0 Å². The van der Waals surface area contributed by atoms with Gasteiger partial charge in [-0.25, -0.2) is 4.79 Å². The van der Waals surface area contributed by atoms with E-state index in [9.17, 15) is 4.79 Å². The Morgan fingerprint density at radius 2 is 1.91 bits per heavy atom. The molecule has 2 aromatic rings. The molecular weight excluding hydrogens is 290 g/mol. The number of benzene rings is 1. The number of anilines is 1. The van der Waals surface area contributed by atoms with Crippen LogP contribution in [0.1, 0.15) is 25.7 Å². The Morgan fingerprint density at radius 1 is 1.17 bits per heavy atom. The number of nitrogens with one attached hydrogen (secondary N) is 1. The maximum Gasteiger partial charge on any atom is 0.322 e. The van der Waals surface area contributed by atoms with Gasteiger partial charge in [-0.15, -0.1) is 0 Å². The number of aliphatic hydroxyl groups excluding tert-OH is 1. The fourth-order valence-corrected chi connectivity index (χ4v) is 3.14. The zero-order valence-electron chi connectivity index (χ0n) is 13.2. The number of carbonyl (C=O) groups is 1. The van der Waals surface area contributed by atoms with Gasteiger partial charge in [0.25, 0.3) is 0 Å². The molecule has 1 fully saturated rings. The molecule has 1 aromatic carbocycles. The van der Waals surface area contributed by atoms with Crippen molar-refractivity contribution in [3.05, 3.63) is 48.8 Å². The number of urea groups is 1. The lowest BCUT2D eigenvalue weighted by Crippen LogP contribution is -2.46. The van der Waals surface area contributed by atoms with Gasteiger partial charge in [-0.05, 0) is 62.1 Å². The second-order valence-corrected chi connectivity index (χ2v) is 5.92. The van der Waals surface area contributed by atoms with E-state index in [2.05, 4.69) is 5.32 Å². The van der Waals surface area contributed by atoms with Gasteiger partial charge in [0, 0.05) is 43.0 Å². The molecule has 1 unspecified atom stereocenters. The summed E-state index contributed by atoms with van der Waals surface area (Å²) >= 11 is 0. The predicted octanol–water partition coefficient (Wildman–Crippen LogP) is 3.25. The molecule has 1 aliphatic heterocycles. The quantitative estimate of drug-likeness (QED) is 0.910. The monoisotopic (exact) mass is 313 g/mol. The zero-order valence-corrected chi connectivity index (χ0v) is 13.2. The number of aliphatic hydroxyl groups is 1. The van der Waals surface area contributed by atoms with Gasteiger partial charge in [0.2, 0.25) is 0 Å². The van der Waals surface area contributed by atoms with Gasteiger partial charge in [-0.1, -0.05) is 0 Å². The summed E-state index contributed by atoms with van der Waals surface area (Å²) in [6, 6.07) is 11.8. The molecule has 3 rings (SSSR count). The van der Waals surface area contributed by atoms with Crippen LogP contribution in [0.15, 0.2) is 48.8 Å². The first-order chi connectivity index (χ1) is 11.3. The number of amides is 2. The zero-order chi connectivity index (χ0) is 16.1. The maximum absolute atomic E-state index is 12.5. The van der Waals surface area contributed by atoms with Crippen molar-refractivity contribution in [1.29, 1.82) is 0 Å². The molecule has 5 nitrogen and oxygen atoms in total. The van der Waals surface area contributed by atoms with Gasteiger partial charge in [0.05, 0.1) is 0 Å². The van der Waals surface area contributed by atoms with E-state index in [0.29, 0.717) is 6.42 Å². The van der Waals surface area contributed by atoms with E-state index >= 15 is 0 Å². The average Bonchev–Trinajstić information content (AvgIpc) is 3.11. The number of aromatic nitrogens is 1. The van der Waals surface area contributed by atoms with Gasteiger partial charge in [-0.2, -0.15) is 0 Å². The summed E-state index contributed by atoms with van der Waals surface area (Å²) in [5.74, 6) is 0. The molecule has 23 heavy (non-hydrogen) atoms. The van der Waals surface area contributed by atoms with Crippen LogP contribution in [0.4, 0.5) is 10.5 Å². The summed E-state index contributed by atoms with van der Waals surface area (Å²) in [7, 11) is 0. The number of likely N-dealkylation sites (tertiary alicyclic amines) is 1. The van der Waals surface area contributed by atoms with Gasteiger partial charge in [-0.3, -0.25) is 0 Å². The van der Waals surface area contributed by atoms with Crippen molar-refractivity contribution >= 4 is 11.7 Å². The van der Waals surface area contributed by atoms with Crippen molar-refractivity contribution in [2.45, 2.75) is 31.7 Å². The Morgan fingerprint density at radius 3 is 2.61 bits per heavy atom. The summed E-state index contributed by atoms with van der Waals surface area (Å²) in [5, 5.41) is 12.1. The molecule has 1 aliphatic rings. The van der Waals surface area contributed by atoms with Crippen molar-refractivity contribution < 1.29 is 9.90 Å². The first kappa shape index (κ1) is 15.6. The van der Waals surface area contributed by atoms with Gasteiger partial charge in [0.15, 0.2) is 0 Å². The number of rotatable bonds is 4. The van der Waals surface area contributed by atoms with Crippen LogP contribution in [0.2, 0.25) is 0 Å². The number of nitrogens with zero attached hydrogens (tertiary/aromatic N) is 2. The normalized spacial score (nSPS) is 18.0. The Bertz CT molecular complexity index is 620. The highest BCUT2D eigenvalue weighted by molar-refractivity contribution is 5.89. The minimum Gasteiger partial charge on any atom is -0.396 e. The Balaban J connectivity index is 1.65. The first-order valence-electron chi connectivity index (χ1n) is 8.20. The van der Waals surface area contributed by atoms with Crippen LogP contribution in [0.25, 0.3) is 5.69 Å². The number of carbonyl (C=O) groups excluding carboxylic acids is 1. The molecule has 5 heteroatoms. The summed E-state index contributed by atoms with van der Waals surface area (Å²) < 4.78 is 2.02. The lowest BCUT2D eigenvalue weighted by atomic mass is 10.0. The molecule has 0 aliphatic carbocycles. The highest BCUT2D eigenvalue weighted by atomic mass is 16.3. The molecule has 0 spiro atoms. The molecule has 2 amide bonds. The Labute approximate surface area is 136 Å². The van der Waals surface area contributed by atoms with Crippen LogP contribution < -0.4 is 5.32 Å². The number of piperidine rings is 1. The van der Waals surface area contributed by atoms with Crippen LogP contribution in [0, 0.1) is 0 Å². The number of hydrogen-bond acceptors (Lipinski definition) is 2. The highest BCUT2D eigenvalue weighted by Crippen LogP contribution is 2.21. The third kappa shape index (κ3) is 3.74. The van der Waals surface area contributed by atoms with E-state index in [1.807, 2.05) is 58.3 Å². The summed E-state index contributed by atoms with van der Waals surface area (Å²) in [5.41, 5.74) is 1.85. The van der Waals surface area contributed by atoms with Crippen molar-refractivity contribution in [3.8, 4) is 5.69 Å². The van der Waals surface area contributed by atoms with E-state index in [4.69, 9.17) is 5.11 Å². The second-order valence-electron chi connectivity index (χ2n) is 5.92. The smallest absolute Gasteiger partial charge is 0.322 e. The van der Waals surface area contributed by atoms with Crippen LogP contribution in [-0.4, -0.2) is 39.8 Å². The molecule has 2 N–H and O–H groups in total. The fourth-order valence-electron chi connectivity index (χ4n) is 3.14. The predicted molar refractivity (Wildman–Crippen MR) is 90.8 cm³/mol. The fraction of sp³-hybridized carbons (Fsp3) is 0.389. The molecule has 1 aromatic heterocycles. The van der Waals surface area contributed by atoms with E-state index in [-0.39, 0.29) is 18.7 Å². The van der Waals surface area contributed by atoms with Crippen molar-refractivity contribution in [1.82, 2.24) is 9.47 Å². The van der Waals surface area contributed by atoms with Crippen molar-refractivity contribution in [2.75, 3.05) is 18.5 Å². The number of hydrogen-bond donors (Lipinski definition) is 2. The summed E-state index contributed by atoms with van der Waals surface area (Å²) in [6.45, 7) is 0.887. The molecule has 0 bridgehead atoms. The molecule has 2 heterocycles. The average molecular weight is 313 g/mol. The molecule has 1 atom stereocenters. The van der Waals surface area contributed by atoms with Crippen LogP contribution in [0.3, 0.4) is 0 Å². The topological polar surface area (TPSA) is 57.5 Å². The van der Waals surface area contributed by atoms with Crippen molar-refractivity contribution in [3.63, 3.8) is 0 Å². The van der Waals surface area contributed by atoms with Gasteiger partial charge < -0.3 is 19.9 Å². The minimum atomic E-state index is -0.0723. The second kappa shape index (κ2) is 7.33. The lowest BCUT2D eigenvalue weighted by molar-refractivity contribution is 0.141. The molecular formula is C18H23N3O2. The largest absolute Gasteiger partial charge is 0.396 e. The molecule has 1 saturated heterocycles. The molecule has 0 radical (unpaired) electrons. The first-order valence-corrected chi connectivity index (χ1v) is 8.20. The Kier molecular flexibility index (Phi) is 4.98. The van der Waals surface area contributed by atoms with E-state index < -0.39 is 0 Å². The van der Waals surface area contributed by atoms with Crippen LogP contribution in [0.5, 0.6) is 0 Å². The van der Waals surface area contributed by atoms with Crippen LogP contribution >= 0.6 is 0 Å². The summed E-state index contributed by atoms with van der Waals surface area (Å²) in [6.07, 6.45) is 7.75. The van der Waals surface area contributed by atoms with Crippen LogP contribution in [-0.2, 0) is 0 Å². The standard InChI is InChI=1S/C18H23N3O2/c22-14-10-17-5-1-2-13-21(17)18(23)19-15-6-8-16(9-7-15)20-11-3-4-12-20/h3-4,6-9,11-12,17,22H,1-2,5,10,13-14H2,(H,19,23). The lowest BCUT2D eigenvalue weighted by Gasteiger charge is -2.35. The molecule has 0 saturated carbocycles. The molecule has 122 valence electrons. The third-order valence-electron chi connectivity index (χ3n) is 4.37. The van der Waals surface area contributed by atoms with Gasteiger partial charge >= 0.3 is 6.03 Å². The van der Waals surface area contributed by atoms with Gasteiger partial charge in [0.1, 0.15) is 0 Å². The summed E-state index contributed by atoms with van der Waals surface area (Å²) in [4.78, 5) is 14.4. The third-order valence-corrected chi connectivity index (χ3v) is 4.37. The Hall–Kier alpha value is -2.27. The maximum atomic E-state index is 12.5. The minimum absolute atomic E-state index is 0.0723. The SMILES string of the molecule is O=C(Nc1ccc(-n2cccc2)cc1)N1CCCCC1CCO. The van der Waals surface area contributed by atoms with E-state index in [1.54, 1.807) is 0 Å². The highest BCUT2D eigenvalue weighted by Gasteiger charge is 2.26. The van der Waals surface area contributed by atoms with E-state index in [0.717, 1.165) is 37.2 Å². The van der Waals surface area contributed by atoms with Crippen molar-refractivity contribution in [2.24, 2.45) is 0 Å².